The van der Waals surface area contributed by atoms with Gasteiger partial charge in [-0.15, -0.1) is 20.4 Å². The number of hydrogen-bond donors (Lipinski definition) is 2. The van der Waals surface area contributed by atoms with Crippen LogP contribution in [-0.4, -0.2) is 32.1 Å². The summed E-state index contributed by atoms with van der Waals surface area (Å²) in [5.74, 6) is -0.0130. The van der Waals surface area contributed by atoms with Gasteiger partial charge in [0.25, 0.3) is 0 Å². The van der Waals surface area contributed by atoms with Crippen LogP contribution in [0, 0.1) is 0 Å². The zero-order chi connectivity index (χ0) is 16.2. The molecule has 0 fully saturated rings. The Balaban J connectivity index is 1.60. The number of nitrogens with two attached hydrogens (primary N) is 1. The summed E-state index contributed by atoms with van der Waals surface area (Å²) in [5, 5.41) is 20.3. The van der Waals surface area contributed by atoms with Crippen molar-refractivity contribution in [1.82, 2.24) is 20.4 Å². The summed E-state index contributed by atoms with van der Waals surface area (Å²) in [6, 6.07) is 7.34. The molecule has 23 heavy (non-hydrogen) atoms. The number of amides is 1. The van der Waals surface area contributed by atoms with Gasteiger partial charge in [-0.1, -0.05) is 64.2 Å². The normalized spacial score (nSPS) is 10.7. The smallest absolute Gasteiger partial charge is 0.236 e. The largest absolute Gasteiger partial charge is 0.374 e. The summed E-state index contributed by atoms with van der Waals surface area (Å²) in [6.45, 7) is 0. The third-order valence-corrected chi connectivity index (χ3v) is 5.61. The molecule has 0 saturated heterocycles. The number of hydrogen-bond acceptors (Lipinski definition) is 9. The van der Waals surface area contributed by atoms with Gasteiger partial charge in [0.1, 0.15) is 0 Å². The number of nitrogen functional groups attached to an aromatic ring is 1. The maximum Gasteiger partial charge on any atom is 0.236 e. The average Bonchev–Trinajstić information content (AvgIpc) is 3.15. The minimum absolute atomic E-state index is 0.190. The molecule has 7 nitrogen and oxygen atoms in total. The van der Waals surface area contributed by atoms with Crippen molar-refractivity contribution >= 4 is 62.2 Å². The highest BCUT2D eigenvalue weighted by molar-refractivity contribution is 8.01. The molecule has 2 aromatic heterocycles. The molecule has 3 aromatic rings. The number of benzene rings is 1. The molecule has 0 saturated carbocycles. The van der Waals surface area contributed by atoms with Crippen LogP contribution in [-0.2, 0) is 4.79 Å². The predicted molar refractivity (Wildman–Crippen MR) is 94.0 cm³/mol. The number of carbonyl (C=O) groups is 1. The van der Waals surface area contributed by atoms with Crippen molar-refractivity contribution in [3.8, 4) is 10.6 Å². The van der Waals surface area contributed by atoms with Crippen LogP contribution >= 0.6 is 46.0 Å². The number of anilines is 2. The molecule has 0 aliphatic heterocycles. The van der Waals surface area contributed by atoms with Gasteiger partial charge in [0.2, 0.25) is 16.2 Å². The number of carbonyl (C=O) groups excluding carboxylic acids is 1. The van der Waals surface area contributed by atoms with Gasteiger partial charge >= 0.3 is 0 Å². The van der Waals surface area contributed by atoms with Crippen LogP contribution in [0.4, 0.5) is 10.3 Å². The lowest BCUT2D eigenvalue weighted by Gasteiger charge is -1.99. The molecule has 0 radical (unpaired) electrons. The molecule has 3 N–H and O–H groups in total. The lowest BCUT2D eigenvalue weighted by atomic mass is 10.2. The van der Waals surface area contributed by atoms with Gasteiger partial charge < -0.3 is 5.73 Å². The molecule has 0 bridgehead atoms. The fourth-order valence-electron chi connectivity index (χ4n) is 1.58. The Morgan fingerprint density at radius 1 is 1.22 bits per heavy atom. The van der Waals surface area contributed by atoms with E-state index in [2.05, 4.69) is 25.7 Å². The first-order chi connectivity index (χ1) is 11.1. The number of aromatic nitrogens is 4. The quantitative estimate of drug-likeness (QED) is 0.651. The molecule has 0 unspecified atom stereocenters. The van der Waals surface area contributed by atoms with E-state index in [0.717, 1.165) is 5.56 Å². The molecular formula is C12H9ClN6OS3. The summed E-state index contributed by atoms with van der Waals surface area (Å²) in [6.07, 6.45) is 0. The van der Waals surface area contributed by atoms with Crippen LogP contribution in [0.1, 0.15) is 0 Å². The van der Waals surface area contributed by atoms with E-state index in [1.807, 2.05) is 18.2 Å². The summed E-state index contributed by atoms with van der Waals surface area (Å²) in [5.41, 5.74) is 6.27. The fourth-order valence-corrected chi connectivity index (χ4v) is 4.10. The summed E-state index contributed by atoms with van der Waals surface area (Å²) in [4.78, 5) is 11.9. The maximum atomic E-state index is 11.9. The first-order valence-corrected chi connectivity index (χ1v) is 9.21. The molecule has 0 spiro atoms. The maximum absolute atomic E-state index is 11.9. The van der Waals surface area contributed by atoms with Crippen LogP contribution in [0.25, 0.3) is 10.6 Å². The highest BCUT2D eigenvalue weighted by atomic mass is 35.5. The van der Waals surface area contributed by atoms with Gasteiger partial charge in [0, 0.05) is 5.56 Å². The van der Waals surface area contributed by atoms with E-state index in [9.17, 15) is 4.79 Å². The van der Waals surface area contributed by atoms with Crippen molar-refractivity contribution < 1.29 is 4.79 Å². The lowest BCUT2D eigenvalue weighted by Crippen LogP contribution is -2.13. The van der Waals surface area contributed by atoms with Crippen molar-refractivity contribution in [2.75, 3.05) is 16.8 Å². The molecule has 1 aromatic carbocycles. The topological polar surface area (TPSA) is 107 Å². The zero-order valence-electron chi connectivity index (χ0n) is 11.4. The van der Waals surface area contributed by atoms with Crippen molar-refractivity contribution in [2.24, 2.45) is 0 Å². The Kier molecular flexibility index (Phi) is 5.06. The van der Waals surface area contributed by atoms with Gasteiger partial charge in [-0.3, -0.25) is 10.1 Å². The van der Waals surface area contributed by atoms with Gasteiger partial charge in [-0.05, 0) is 6.07 Å². The lowest BCUT2D eigenvalue weighted by molar-refractivity contribution is -0.113. The minimum atomic E-state index is -0.203. The Bertz CT molecular complexity index is 836. The SMILES string of the molecule is Nc1nnc(SCC(=O)Nc2nnc(-c3ccccc3Cl)s2)s1. The molecule has 0 aliphatic rings. The van der Waals surface area contributed by atoms with E-state index in [-0.39, 0.29) is 11.7 Å². The second-order valence-electron chi connectivity index (χ2n) is 4.14. The Labute approximate surface area is 148 Å². The second kappa shape index (κ2) is 7.21. The van der Waals surface area contributed by atoms with Gasteiger partial charge in [-0.2, -0.15) is 0 Å². The van der Waals surface area contributed by atoms with Gasteiger partial charge in [0.15, 0.2) is 9.35 Å². The second-order valence-corrected chi connectivity index (χ2v) is 7.75. The molecule has 0 atom stereocenters. The molecule has 3 rings (SSSR count). The van der Waals surface area contributed by atoms with E-state index >= 15 is 0 Å². The van der Waals surface area contributed by atoms with Crippen LogP contribution in [0.3, 0.4) is 0 Å². The van der Waals surface area contributed by atoms with Gasteiger partial charge in [-0.25, -0.2) is 0 Å². The third-order valence-electron chi connectivity index (χ3n) is 2.52. The Morgan fingerprint density at radius 2 is 2.04 bits per heavy atom. The molecule has 0 aliphatic carbocycles. The first-order valence-electron chi connectivity index (χ1n) is 6.22. The monoisotopic (exact) mass is 384 g/mol. The van der Waals surface area contributed by atoms with E-state index in [4.69, 9.17) is 17.3 Å². The summed E-state index contributed by atoms with van der Waals surface area (Å²) < 4.78 is 0.645. The first kappa shape index (κ1) is 16.1. The van der Waals surface area contributed by atoms with E-state index in [0.29, 0.717) is 24.6 Å². The van der Waals surface area contributed by atoms with Crippen LogP contribution in [0.2, 0.25) is 5.02 Å². The summed E-state index contributed by atoms with van der Waals surface area (Å²) in [7, 11) is 0. The predicted octanol–water partition coefficient (Wildman–Crippen LogP) is 3.02. The van der Waals surface area contributed by atoms with Crippen LogP contribution < -0.4 is 11.1 Å². The third kappa shape index (κ3) is 4.16. The van der Waals surface area contributed by atoms with Crippen LogP contribution in [0.5, 0.6) is 0 Å². The highest BCUT2D eigenvalue weighted by Gasteiger charge is 2.12. The molecule has 2 heterocycles. The van der Waals surface area contributed by atoms with Crippen molar-refractivity contribution in [3.05, 3.63) is 29.3 Å². The molecular weight excluding hydrogens is 376 g/mol. The fraction of sp³-hybridized carbons (Fsp3) is 0.0833. The van der Waals surface area contributed by atoms with Crippen molar-refractivity contribution in [3.63, 3.8) is 0 Å². The minimum Gasteiger partial charge on any atom is -0.374 e. The summed E-state index contributed by atoms with van der Waals surface area (Å²) >= 11 is 9.88. The molecule has 11 heteroatoms. The molecule has 118 valence electrons. The van der Waals surface area contributed by atoms with E-state index in [1.165, 1.54) is 34.4 Å². The number of halogens is 1. The Morgan fingerprint density at radius 3 is 2.78 bits per heavy atom. The van der Waals surface area contributed by atoms with Crippen molar-refractivity contribution in [2.45, 2.75) is 4.34 Å². The average molecular weight is 385 g/mol. The number of rotatable bonds is 5. The standard InChI is InChI=1S/C12H9ClN6OS3/c13-7-4-2-1-3-6(7)9-16-18-11(22-9)15-8(20)5-21-12-19-17-10(14)23-12/h1-4H,5H2,(H2,14,17)(H,15,18,20). The number of nitrogens with one attached hydrogen (secondary N) is 1. The Hall–Kier alpha value is -1.75. The number of thioether (sulfide) groups is 1. The highest BCUT2D eigenvalue weighted by Crippen LogP contribution is 2.31. The molecule has 1 amide bonds. The van der Waals surface area contributed by atoms with Gasteiger partial charge in [0.05, 0.1) is 10.8 Å². The number of nitrogens with zero attached hydrogens (tertiary/aromatic N) is 4. The zero-order valence-corrected chi connectivity index (χ0v) is 14.6. The van der Waals surface area contributed by atoms with E-state index in [1.54, 1.807) is 6.07 Å². The van der Waals surface area contributed by atoms with Crippen molar-refractivity contribution in [1.29, 1.82) is 0 Å². The van der Waals surface area contributed by atoms with E-state index < -0.39 is 0 Å². The van der Waals surface area contributed by atoms with Crippen LogP contribution in [0.15, 0.2) is 28.6 Å².